The van der Waals surface area contributed by atoms with Crippen molar-refractivity contribution in [3.8, 4) is 0 Å². The normalized spacial score (nSPS) is 9.83. The number of benzene rings is 1. The molecular formula is C9H14N2S. The van der Waals surface area contributed by atoms with E-state index in [0.717, 1.165) is 17.9 Å². The molecule has 0 saturated carbocycles. The fourth-order valence-corrected chi connectivity index (χ4v) is 1.45. The van der Waals surface area contributed by atoms with Crippen LogP contribution in [0.25, 0.3) is 0 Å². The minimum Gasteiger partial charge on any atom is -0.397 e. The van der Waals surface area contributed by atoms with Gasteiger partial charge in [0.2, 0.25) is 0 Å². The van der Waals surface area contributed by atoms with E-state index in [0.29, 0.717) is 0 Å². The lowest BCUT2D eigenvalue weighted by molar-refractivity contribution is 1.21. The van der Waals surface area contributed by atoms with Crippen molar-refractivity contribution in [2.75, 3.05) is 23.9 Å². The third-order valence-electron chi connectivity index (χ3n) is 1.63. The van der Waals surface area contributed by atoms with E-state index in [1.807, 2.05) is 12.1 Å². The van der Waals surface area contributed by atoms with E-state index >= 15 is 0 Å². The second-order valence-corrected chi connectivity index (χ2v) is 3.36. The van der Waals surface area contributed by atoms with Crippen LogP contribution >= 0.6 is 11.8 Å². The molecule has 0 atom stereocenters. The highest BCUT2D eigenvalue weighted by molar-refractivity contribution is 7.98. The van der Waals surface area contributed by atoms with Gasteiger partial charge in [-0.05, 0) is 31.4 Å². The average Bonchev–Trinajstić information content (AvgIpc) is 2.09. The molecule has 0 heterocycles. The van der Waals surface area contributed by atoms with E-state index in [1.165, 1.54) is 4.90 Å². The number of nitrogens with two attached hydrogens (primary N) is 1. The van der Waals surface area contributed by atoms with Crippen molar-refractivity contribution in [1.82, 2.24) is 0 Å². The molecule has 0 amide bonds. The smallest absolute Gasteiger partial charge is 0.0585 e. The van der Waals surface area contributed by atoms with E-state index in [1.54, 1.807) is 11.8 Å². The third-order valence-corrected chi connectivity index (χ3v) is 2.35. The summed E-state index contributed by atoms with van der Waals surface area (Å²) in [6.07, 6.45) is 2.06. The van der Waals surface area contributed by atoms with Gasteiger partial charge in [0.05, 0.1) is 11.4 Å². The number of rotatable bonds is 3. The Labute approximate surface area is 77.5 Å². The number of hydrogen-bond donors (Lipinski definition) is 2. The van der Waals surface area contributed by atoms with Gasteiger partial charge >= 0.3 is 0 Å². The largest absolute Gasteiger partial charge is 0.397 e. The molecule has 0 spiro atoms. The molecule has 2 nitrogen and oxygen atoms in total. The van der Waals surface area contributed by atoms with E-state index < -0.39 is 0 Å². The van der Waals surface area contributed by atoms with Crippen LogP contribution in [0.15, 0.2) is 23.1 Å². The average molecular weight is 182 g/mol. The second-order valence-electron chi connectivity index (χ2n) is 2.48. The van der Waals surface area contributed by atoms with Crippen LogP contribution in [0.1, 0.15) is 6.92 Å². The summed E-state index contributed by atoms with van der Waals surface area (Å²) in [5, 5.41) is 3.21. The van der Waals surface area contributed by atoms with Crippen LogP contribution in [0, 0.1) is 0 Å². The zero-order chi connectivity index (χ0) is 8.97. The highest BCUT2D eigenvalue weighted by Crippen LogP contribution is 2.24. The summed E-state index contributed by atoms with van der Waals surface area (Å²) in [5.74, 6) is 0. The number of thioether (sulfide) groups is 1. The van der Waals surface area contributed by atoms with Gasteiger partial charge in [-0.3, -0.25) is 0 Å². The Morgan fingerprint density at radius 2 is 2.25 bits per heavy atom. The summed E-state index contributed by atoms with van der Waals surface area (Å²) >= 11 is 1.72. The first-order valence-electron chi connectivity index (χ1n) is 3.95. The topological polar surface area (TPSA) is 38.0 Å². The first-order valence-corrected chi connectivity index (χ1v) is 5.17. The van der Waals surface area contributed by atoms with Crippen molar-refractivity contribution < 1.29 is 0 Å². The Bertz CT molecular complexity index is 261. The van der Waals surface area contributed by atoms with Gasteiger partial charge in [-0.15, -0.1) is 11.8 Å². The van der Waals surface area contributed by atoms with Crippen molar-refractivity contribution in [3.05, 3.63) is 18.2 Å². The highest BCUT2D eigenvalue weighted by atomic mass is 32.2. The van der Waals surface area contributed by atoms with Crippen molar-refractivity contribution in [3.63, 3.8) is 0 Å². The summed E-state index contributed by atoms with van der Waals surface area (Å²) in [7, 11) is 0. The maximum absolute atomic E-state index is 5.76. The summed E-state index contributed by atoms with van der Waals surface area (Å²) in [5.41, 5.74) is 7.60. The number of anilines is 2. The standard InChI is InChI=1S/C9H14N2S/c1-3-11-9-6-7(12-2)4-5-8(9)10/h4-6,11H,3,10H2,1-2H3. The molecule has 0 aliphatic heterocycles. The minimum atomic E-state index is 0.814. The molecule has 0 fully saturated rings. The van der Waals surface area contributed by atoms with Crippen LogP contribution in [-0.2, 0) is 0 Å². The Balaban J connectivity index is 2.91. The van der Waals surface area contributed by atoms with Gasteiger partial charge in [0.25, 0.3) is 0 Å². The van der Waals surface area contributed by atoms with E-state index in [2.05, 4.69) is 24.6 Å². The van der Waals surface area contributed by atoms with Crippen molar-refractivity contribution in [2.45, 2.75) is 11.8 Å². The number of nitrogens with one attached hydrogen (secondary N) is 1. The monoisotopic (exact) mass is 182 g/mol. The van der Waals surface area contributed by atoms with Gasteiger partial charge in [-0.1, -0.05) is 0 Å². The Morgan fingerprint density at radius 1 is 1.50 bits per heavy atom. The molecule has 1 aromatic carbocycles. The maximum atomic E-state index is 5.76. The maximum Gasteiger partial charge on any atom is 0.0585 e. The molecule has 66 valence electrons. The molecule has 12 heavy (non-hydrogen) atoms. The van der Waals surface area contributed by atoms with E-state index in [-0.39, 0.29) is 0 Å². The lowest BCUT2D eigenvalue weighted by atomic mass is 10.2. The molecule has 0 radical (unpaired) electrons. The predicted molar refractivity (Wildman–Crippen MR) is 56.8 cm³/mol. The first kappa shape index (κ1) is 9.26. The summed E-state index contributed by atoms with van der Waals surface area (Å²) in [4.78, 5) is 1.24. The van der Waals surface area contributed by atoms with Crippen LogP contribution in [-0.4, -0.2) is 12.8 Å². The van der Waals surface area contributed by atoms with Gasteiger partial charge in [-0.2, -0.15) is 0 Å². The second kappa shape index (κ2) is 4.26. The van der Waals surface area contributed by atoms with E-state index in [9.17, 15) is 0 Å². The van der Waals surface area contributed by atoms with Crippen LogP contribution < -0.4 is 11.1 Å². The quantitative estimate of drug-likeness (QED) is 0.557. The fourth-order valence-electron chi connectivity index (χ4n) is 1.01. The molecule has 0 saturated heterocycles. The molecular weight excluding hydrogens is 168 g/mol. The van der Waals surface area contributed by atoms with Gasteiger partial charge in [0.15, 0.2) is 0 Å². The Hall–Kier alpha value is -0.830. The molecule has 1 aromatic rings. The molecule has 0 aliphatic rings. The zero-order valence-corrected chi connectivity index (χ0v) is 8.24. The molecule has 3 heteroatoms. The van der Waals surface area contributed by atoms with Crippen molar-refractivity contribution >= 4 is 23.1 Å². The van der Waals surface area contributed by atoms with Gasteiger partial charge < -0.3 is 11.1 Å². The fraction of sp³-hybridized carbons (Fsp3) is 0.333. The lowest BCUT2D eigenvalue weighted by Gasteiger charge is -2.07. The van der Waals surface area contributed by atoms with Crippen LogP contribution in [0.5, 0.6) is 0 Å². The molecule has 1 rings (SSSR count). The predicted octanol–water partition coefficient (Wildman–Crippen LogP) is 2.42. The van der Waals surface area contributed by atoms with Crippen LogP contribution in [0.3, 0.4) is 0 Å². The zero-order valence-electron chi connectivity index (χ0n) is 7.42. The minimum absolute atomic E-state index is 0.814. The van der Waals surface area contributed by atoms with Crippen LogP contribution in [0.2, 0.25) is 0 Å². The molecule has 3 N–H and O–H groups in total. The van der Waals surface area contributed by atoms with Gasteiger partial charge in [0.1, 0.15) is 0 Å². The van der Waals surface area contributed by atoms with Gasteiger partial charge in [-0.25, -0.2) is 0 Å². The summed E-state index contributed by atoms with van der Waals surface area (Å²) in [6.45, 7) is 2.97. The first-order chi connectivity index (χ1) is 5.77. The SMILES string of the molecule is CCNc1cc(SC)ccc1N. The Kier molecular flexibility index (Phi) is 3.29. The van der Waals surface area contributed by atoms with Gasteiger partial charge in [0, 0.05) is 11.4 Å². The summed E-state index contributed by atoms with van der Waals surface area (Å²) < 4.78 is 0. The number of nitrogen functional groups attached to an aromatic ring is 1. The summed E-state index contributed by atoms with van der Waals surface area (Å²) in [6, 6.07) is 6.04. The van der Waals surface area contributed by atoms with Crippen molar-refractivity contribution in [2.24, 2.45) is 0 Å². The third kappa shape index (κ3) is 2.08. The van der Waals surface area contributed by atoms with Crippen molar-refractivity contribution in [1.29, 1.82) is 0 Å². The lowest BCUT2D eigenvalue weighted by Crippen LogP contribution is -2.00. The molecule has 0 unspecified atom stereocenters. The number of hydrogen-bond acceptors (Lipinski definition) is 3. The Morgan fingerprint density at radius 3 is 2.83 bits per heavy atom. The highest BCUT2D eigenvalue weighted by Gasteiger charge is 1.97. The molecule has 0 aliphatic carbocycles. The molecule has 0 bridgehead atoms. The van der Waals surface area contributed by atoms with E-state index in [4.69, 9.17) is 5.73 Å². The molecule has 0 aromatic heterocycles. The van der Waals surface area contributed by atoms with Crippen LogP contribution in [0.4, 0.5) is 11.4 Å².